The highest BCUT2D eigenvalue weighted by Gasteiger charge is 2.53. The number of fused-ring (bicyclic) bond motifs is 1. The third-order valence-corrected chi connectivity index (χ3v) is 6.17. The van der Waals surface area contributed by atoms with Crippen molar-refractivity contribution in [3.8, 4) is 5.75 Å². The number of hydrogen-bond donors (Lipinski definition) is 0. The molecule has 0 saturated carbocycles. The van der Waals surface area contributed by atoms with Gasteiger partial charge in [-0.2, -0.15) is 0 Å². The Morgan fingerprint density at radius 2 is 1.60 bits per heavy atom. The van der Waals surface area contributed by atoms with E-state index in [1.54, 1.807) is 18.4 Å². The minimum atomic E-state index is -0.253. The summed E-state index contributed by atoms with van der Waals surface area (Å²) in [7, 11) is 0. The molecule has 30 heavy (non-hydrogen) atoms. The van der Waals surface area contributed by atoms with Gasteiger partial charge in [-0.05, 0) is 48.7 Å². The third kappa shape index (κ3) is 3.24. The van der Waals surface area contributed by atoms with Gasteiger partial charge in [0, 0.05) is 13.1 Å². The van der Waals surface area contributed by atoms with Crippen LogP contribution in [0.2, 0.25) is 0 Å². The van der Waals surface area contributed by atoms with E-state index in [0.29, 0.717) is 12.4 Å². The zero-order chi connectivity index (χ0) is 20.5. The summed E-state index contributed by atoms with van der Waals surface area (Å²) in [6.45, 7) is 4.52. The number of hydrogen-bond acceptors (Lipinski definition) is 5. The van der Waals surface area contributed by atoms with Crippen molar-refractivity contribution in [1.29, 1.82) is 0 Å². The Balaban J connectivity index is 1.60. The molecule has 0 radical (unpaired) electrons. The van der Waals surface area contributed by atoms with Gasteiger partial charge >= 0.3 is 0 Å². The second-order valence-corrected chi connectivity index (χ2v) is 7.85. The van der Waals surface area contributed by atoms with Crippen LogP contribution in [-0.2, 0) is 0 Å². The van der Waals surface area contributed by atoms with Crippen LogP contribution < -0.4 is 4.74 Å². The van der Waals surface area contributed by atoms with E-state index in [4.69, 9.17) is 9.15 Å². The van der Waals surface area contributed by atoms with Gasteiger partial charge in [0.1, 0.15) is 5.75 Å². The van der Waals surface area contributed by atoms with Crippen molar-refractivity contribution in [1.82, 2.24) is 10.0 Å². The van der Waals surface area contributed by atoms with Gasteiger partial charge in [0.25, 0.3) is 0 Å². The second kappa shape index (κ2) is 8.09. The van der Waals surface area contributed by atoms with Crippen LogP contribution in [0.3, 0.4) is 0 Å². The molecule has 5 heteroatoms. The molecule has 0 spiro atoms. The lowest BCUT2D eigenvalue weighted by Gasteiger charge is -2.27. The molecule has 2 saturated heterocycles. The molecular formula is C25H26N2O3. The first-order chi connectivity index (χ1) is 14.8. The molecular weight excluding hydrogens is 376 g/mol. The third-order valence-electron chi connectivity index (χ3n) is 6.17. The highest BCUT2D eigenvalue weighted by molar-refractivity contribution is 5.96. The summed E-state index contributed by atoms with van der Waals surface area (Å²) >= 11 is 0. The van der Waals surface area contributed by atoms with Gasteiger partial charge in [0.2, 0.25) is 5.78 Å². The van der Waals surface area contributed by atoms with E-state index in [-0.39, 0.29) is 23.8 Å². The van der Waals surface area contributed by atoms with Crippen LogP contribution in [0.15, 0.2) is 77.4 Å². The zero-order valence-electron chi connectivity index (χ0n) is 17.1. The van der Waals surface area contributed by atoms with Crippen LogP contribution in [-0.4, -0.2) is 35.5 Å². The van der Waals surface area contributed by atoms with Gasteiger partial charge in [-0.15, -0.1) is 0 Å². The molecule has 5 nitrogen and oxygen atoms in total. The van der Waals surface area contributed by atoms with Crippen molar-refractivity contribution in [3.05, 3.63) is 89.9 Å². The van der Waals surface area contributed by atoms with Crippen molar-refractivity contribution in [2.24, 2.45) is 5.92 Å². The summed E-state index contributed by atoms with van der Waals surface area (Å²) in [5.41, 5.74) is 2.30. The summed E-state index contributed by atoms with van der Waals surface area (Å²) in [4.78, 5) is 13.7. The van der Waals surface area contributed by atoms with Crippen molar-refractivity contribution in [2.75, 3.05) is 19.7 Å². The normalized spacial score (nSPS) is 24.1. The summed E-state index contributed by atoms with van der Waals surface area (Å²) < 4.78 is 11.2. The topological polar surface area (TPSA) is 45.9 Å². The number of ketones is 1. The first-order valence-corrected chi connectivity index (χ1v) is 10.7. The molecule has 2 aliphatic rings. The standard InChI is InChI=1S/C25H26N2O3/c1-2-29-20-13-11-19(12-14-20)24-22(25(28)21-10-6-17-30-21)23(18-8-4-3-5-9-18)26-15-7-16-27(24)26/h3-6,8-14,17,22-24H,2,7,15-16H2,1H3/t22-,23-,24+/m1/s1. The lowest BCUT2D eigenvalue weighted by atomic mass is 9.81. The number of carbonyl (C=O) groups excluding carboxylic acids is 1. The molecule has 3 aromatic rings. The van der Waals surface area contributed by atoms with Crippen molar-refractivity contribution in [3.63, 3.8) is 0 Å². The second-order valence-electron chi connectivity index (χ2n) is 7.85. The van der Waals surface area contributed by atoms with Crippen molar-refractivity contribution in [2.45, 2.75) is 25.4 Å². The predicted molar refractivity (Wildman–Crippen MR) is 114 cm³/mol. The van der Waals surface area contributed by atoms with Crippen LogP contribution in [0.25, 0.3) is 0 Å². The maximum Gasteiger partial charge on any atom is 0.204 e. The first kappa shape index (κ1) is 19.1. The minimum absolute atomic E-state index is 0.0112. The van der Waals surface area contributed by atoms with Gasteiger partial charge in [0.15, 0.2) is 5.76 Å². The maximum atomic E-state index is 13.7. The molecule has 5 rings (SSSR count). The summed E-state index contributed by atoms with van der Waals surface area (Å²) in [6, 6.07) is 22.1. The van der Waals surface area contributed by atoms with Gasteiger partial charge in [-0.3, -0.25) is 4.79 Å². The van der Waals surface area contributed by atoms with Gasteiger partial charge in [-0.1, -0.05) is 42.5 Å². The molecule has 0 aliphatic carbocycles. The molecule has 0 unspecified atom stereocenters. The van der Waals surface area contributed by atoms with Crippen LogP contribution in [0, 0.1) is 5.92 Å². The van der Waals surface area contributed by atoms with E-state index in [9.17, 15) is 4.79 Å². The minimum Gasteiger partial charge on any atom is -0.494 e. The molecule has 2 aromatic carbocycles. The monoisotopic (exact) mass is 402 g/mol. The fraction of sp³-hybridized carbons (Fsp3) is 0.320. The van der Waals surface area contributed by atoms with Crippen molar-refractivity contribution >= 4 is 5.78 Å². The zero-order valence-corrected chi connectivity index (χ0v) is 17.1. The molecule has 0 bridgehead atoms. The molecule has 2 aliphatic heterocycles. The molecule has 1 aromatic heterocycles. The van der Waals surface area contributed by atoms with E-state index in [2.05, 4.69) is 34.3 Å². The largest absolute Gasteiger partial charge is 0.494 e. The Morgan fingerprint density at radius 3 is 2.20 bits per heavy atom. The average molecular weight is 402 g/mol. The van der Waals surface area contributed by atoms with Crippen molar-refractivity contribution < 1.29 is 13.9 Å². The fourth-order valence-electron chi connectivity index (χ4n) is 5.00. The number of Topliss-reactive ketones (excluding diaryl/α,β-unsaturated/α-hetero) is 1. The fourth-order valence-corrected chi connectivity index (χ4v) is 5.00. The Hall–Kier alpha value is -2.89. The number of rotatable bonds is 6. The van der Waals surface area contributed by atoms with E-state index < -0.39 is 0 Å². The first-order valence-electron chi connectivity index (χ1n) is 10.7. The number of hydrazine groups is 1. The molecule has 3 atom stereocenters. The SMILES string of the molecule is CCOc1ccc([C@H]2[C@H](C(=O)c3ccco3)[C@@H](c3ccccc3)N3CCCN23)cc1. The lowest BCUT2D eigenvalue weighted by molar-refractivity contribution is 0.0252. The highest BCUT2D eigenvalue weighted by atomic mass is 16.5. The Bertz CT molecular complexity index is 985. The Kier molecular flexibility index (Phi) is 5.15. The van der Waals surface area contributed by atoms with E-state index in [1.807, 2.05) is 37.3 Å². The van der Waals surface area contributed by atoms with Crippen LogP contribution in [0.1, 0.15) is 47.1 Å². The highest BCUT2D eigenvalue weighted by Crippen LogP contribution is 2.51. The molecule has 0 amide bonds. The van der Waals surface area contributed by atoms with Crippen LogP contribution >= 0.6 is 0 Å². The number of carbonyl (C=O) groups is 1. The van der Waals surface area contributed by atoms with E-state index in [1.165, 1.54) is 5.56 Å². The lowest BCUT2D eigenvalue weighted by Crippen LogP contribution is -2.32. The van der Waals surface area contributed by atoms with Gasteiger partial charge in [0.05, 0.1) is 30.9 Å². The van der Waals surface area contributed by atoms with Crippen LogP contribution in [0.5, 0.6) is 5.75 Å². The number of benzene rings is 2. The summed E-state index contributed by atoms with van der Waals surface area (Å²) in [5.74, 6) is 1.09. The molecule has 2 fully saturated rings. The van der Waals surface area contributed by atoms with E-state index >= 15 is 0 Å². The van der Waals surface area contributed by atoms with Gasteiger partial charge < -0.3 is 9.15 Å². The maximum absolute atomic E-state index is 13.7. The van der Waals surface area contributed by atoms with Gasteiger partial charge in [-0.25, -0.2) is 10.0 Å². The quantitative estimate of drug-likeness (QED) is 0.549. The summed E-state index contributed by atoms with van der Waals surface area (Å²) in [6.07, 6.45) is 2.67. The smallest absolute Gasteiger partial charge is 0.204 e. The molecule has 3 heterocycles. The average Bonchev–Trinajstić information content (AvgIpc) is 3.52. The number of furan rings is 1. The number of nitrogens with zero attached hydrogens (tertiary/aromatic N) is 2. The summed E-state index contributed by atoms with van der Waals surface area (Å²) in [5, 5.41) is 4.78. The van der Waals surface area contributed by atoms with E-state index in [0.717, 1.165) is 30.8 Å². The molecule has 0 N–H and O–H groups in total. The molecule has 154 valence electrons. The predicted octanol–water partition coefficient (Wildman–Crippen LogP) is 4.90. The Labute approximate surface area is 176 Å². The Morgan fingerprint density at radius 1 is 0.933 bits per heavy atom. The van der Waals surface area contributed by atoms with Crippen LogP contribution in [0.4, 0.5) is 0 Å². The number of ether oxygens (including phenoxy) is 1.